The van der Waals surface area contributed by atoms with E-state index >= 15 is 0 Å². The van der Waals surface area contributed by atoms with Gasteiger partial charge < -0.3 is 9.64 Å². The van der Waals surface area contributed by atoms with Crippen LogP contribution >= 0.6 is 0 Å². The largest absolute Gasteiger partial charge is 0.378 e. The summed E-state index contributed by atoms with van der Waals surface area (Å²) in [6.07, 6.45) is 0.434. The summed E-state index contributed by atoms with van der Waals surface area (Å²) in [5.74, 6) is -1.88. The molecule has 29 heavy (non-hydrogen) atoms. The number of hydrogen-bond acceptors (Lipinski definition) is 6. The molecule has 0 saturated carbocycles. The van der Waals surface area contributed by atoms with Crippen molar-refractivity contribution in [3.05, 3.63) is 51.4 Å². The zero-order valence-corrected chi connectivity index (χ0v) is 16.3. The highest BCUT2D eigenvalue weighted by Gasteiger charge is 2.29. The van der Waals surface area contributed by atoms with Gasteiger partial charge in [-0.15, -0.1) is 0 Å². The number of nitrogens with zero attached hydrogens (tertiary/aromatic N) is 3. The van der Waals surface area contributed by atoms with Crippen LogP contribution in [-0.4, -0.2) is 62.1 Å². The Hall–Kier alpha value is -2.37. The predicted molar refractivity (Wildman–Crippen MR) is 100 cm³/mol. The number of nitrogens with one attached hydrogen (secondary N) is 1. The molecule has 8 nitrogen and oxygen atoms in total. The number of ether oxygens (including phenoxy) is 1. The van der Waals surface area contributed by atoms with Crippen LogP contribution < -0.4 is 10.5 Å². The minimum Gasteiger partial charge on any atom is -0.378 e. The summed E-state index contributed by atoms with van der Waals surface area (Å²) in [5, 5.41) is 0. The summed E-state index contributed by atoms with van der Waals surface area (Å²) in [6.45, 7) is 2.45. The lowest BCUT2D eigenvalue weighted by molar-refractivity contribution is 0.122. The third kappa shape index (κ3) is 3.89. The molecule has 1 aromatic heterocycles. The van der Waals surface area contributed by atoms with Crippen molar-refractivity contribution in [3.8, 4) is 0 Å². The van der Waals surface area contributed by atoms with Crippen molar-refractivity contribution in [3.63, 3.8) is 0 Å². The lowest BCUT2D eigenvalue weighted by Gasteiger charge is -2.27. The van der Waals surface area contributed by atoms with Gasteiger partial charge in [-0.05, 0) is 24.6 Å². The molecule has 1 aromatic carbocycles. The Morgan fingerprint density at radius 2 is 1.76 bits per heavy atom. The average Bonchev–Trinajstić information content (AvgIpc) is 2.94. The van der Waals surface area contributed by atoms with Crippen molar-refractivity contribution in [1.29, 1.82) is 0 Å². The number of anilines is 1. The molecule has 1 fully saturated rings. The summed E-state index contributed by atoms with van der Waals surface area (Å²) in [6, 6.07) is 2.49. The fraction of sp³-hybridized carbons (Fsp3) is 0.444. The van der Waals surface area contributed by atoms with Gasteiger partial charge in [0.1, 0.15) is 0 Å². The normalized spacial score (nSPS) is 18.3. The molecule has 0 unspecified atom stereocenters. The fourth-order valence-corrected chi connectivity index (χ4v) is 4.98. The Labute approximate surface area is 166 Å². The third-order valence-corrected chi connectivity index (χ3v) is 7.03. The average molecular weight is 426 g/mol. The number of hydrogen-bond donors (Lipinski definition) is 1. The number of benzene rings is 1. The number of fused-ring (bicyclic) bond motifs is 1. The SMILES string of the molecule is O=c1[nH]c(N2CCOCC2)nc2c1CCN(S(=O)(=O)c1ccc(F)c(F)c1)CC2. The van der Waals surface area contributed by atoms with Crippen LogP contribution in [0.15, 0.2) is 27.9 Å². The minimum absolute atomic E-state index is 0.0516. The second-order valence-corrected chi connectivity index (χ2v) is 8.83. The van der Waals surface area contributed by atoms with E-state index in [9.17, 15) is 22.0 Å². The van der Waals surface area contributed by atoms with E-state index in [1.165, 1.54) is 4.31 Å². The molecule has 0 atom stereocenters. The molecule has 156 valence electrons. The molecule has 11 heteroatoms. The highest BCUT2D eigenvalue weighted by atomic mass is 32.2. The van der Waals surface area contributed by atoms with E-state index in [1.54, 1.807) is 0 Å². The second-order valence-electron chi connectivity index (χ2n) is 6.89. The molecule has 3 heterocycles. The van der Waals surface area contributed by atoms with E-state index in [1.807, 2.05) is 4.90 Å². The van der Waals surface area contributed by atoms with Gasteiger partial charge in [0.15, 0.2) is 11.6 Å². The first-order chi connectivity index (χ1) is 13.9. The molecular formula is C18H20F2N4O4S. The van der Waals surface area contributed by atoms with Crippen LogP contribution in [0.4, 0.5) is 14.7 Å². The second kappa shape index (κ2) is 7.81. The van der Waals surface area contributed by atoms with Crippen LogP contribution in [-0.2, 0) is 27.6 Å². The van der Waals surface area contributed by atoms with Gasteiger partial charge in [0.2, 0.25) is 16.0 Å². The molecule has 0 radical (unpaired) electrons. The molecule has 2 aliphatic rings. The van der Waals surface area contributed by atoms with Crippen LogP contribution in [0, 0.1) is 11.6 Å². The van der Waals surface area contributed by atoms with Gasteiger partial charge in [0.25, 0.3) is 5.56 Å². The fourth-order valence-electron chi connectivity index (χ4n) is 3.53. The first kappa shape index (κ1) is 19.9. The smallest absolute Gasteiger partial charge is 0.255 e. The number of sulfonamides is 1. The van der Waals surface area contributed by atoms with Gasteiger partial charge in [-0.25, -0.2) is 22.2 Å². The van der Waals surface area contributed by atoms with Gasteiger partial charge in [-0.1, -0.05) is 0 Å². The van der Waals surface area contributed by atoms with E-state index < -0.39 is 21.7 Å². The maximum Gasteiger partial charge on any atom is 0.255 e. The quantitative estimate of drug-likeness (QED) is 0.775. The molecule has 2 aromatic rings. The van der Waals surface area contributed by atoms with Crippen LogP contribution in [0.3, 0.4) is 0 Å². The topological polar surface area (TPSA) is 95.6 Å². The molecule has 0 spiro atoms. The van der Waals surface area contributed by atoms with Crippen LogP contribution in [0.25, 0.3) is 0 Å². The van der Waals surface area contributed by atoms with Gasteiger partial charge in [-0.3, -0.25) is 9.78 Å². The number of rotatable bonds is 3. The summed E-state index contributed by atoms with van der Waals surface area (Å²) >= 11 is 0. The van der Waals surface area contributed by atoms with Crippen molar-refractivity contribution in [2.75, 3.05) is 44.3 Å². The van der Waals surface area contributed by atoms with Crippen molar-refractivity contribution in [2.24, 2.45) is 0 Å². The first-order valence-electron chi connectivity index (χ1n) is 9.26. The monoisotopic (exact) mass is 426 g/mol. The number of aromatic nitrogens is 2. The predicted octanol–water partition coefficient (Wildman–Crippen LogP) is 0.674. The number of morpholine rings is 1. The minimum atomic E-state index is -4.03. The van der Waals surface area contributed by atoms with Crippen molar-refractivity contribution in [1.82, 2.24) is 14.3 Å². The molecule has 1 N–H and O–H groups in total. The van der Waals surface area contributed by atoms with Gasteiger partial charge in [-0.2, -0.15) is 4.31 Å². The molecule has 0 aliphatic carbocycles. The zero-order valence-electron chi connectivity index (χ0n) is 15.5. The lowest BCUT2D eigenvalue weighted by atomic mass is 10.1. The Balaban J connectivity index is 1.59. The third-order valence-electron chi connectivity index (χ3n) is 5.14. The van der Waals surface area contributed by atoms with Crippen molar-refractivity contribution in [2.45, 2.75) is 17.7 Å². The van der Waals surface area contributed by atoms with E-state index in [0.717, 1.165) is 12.1 Å². The van der Waals surface area contributed by atoms with Gasteiger partial charge >= 0.3 is 0 Å². The summed E-state index contributed by atoms with van der Waals surface area (Å²) in [7, 11) is -4.03. The molecule has 2 aliphatic heterocycles. The first-order valence-corrected chi connectivity index (χ1v) is 10.7. The maximum absolute atomic E-state index is 13.5. The molecule has 4 rings (SSSR count). The highest BCUT2D eigenvalue weighted by molar-refractivity contribution is 7.89. The Kier molecular flexibility index (Phi) is 5.36. The van der Waals surface area contributed by atoms with Crippen LogP contribution in [0.5, 0.6) is 0 Å². The van der Waals surface area contributed by atoms with Gasteiger partial charge in [0.05, 0.1) is 23.8 Å². The van der Waals surface area contributed by atoms with Gasteiger partial charge in [0, 0.05) is 38.2 Å². The van der Waals surface area contributed by atoms with E-state index in [0.29, 0.717) is 49.6 Å². The zero-order chi connectivity index (χ0) is 20.6. The number of halogens is 2. The maximum atomic E-state index is 13.5. The van der Waals surface area contributed by atoms with E-state index in [-0.39, 0.29) is 36.4 Å². The van der Waals surface area contributed by atoms with Crippen LogP contribution in [0.1, 0.15) is 11.3 Å². The molecule has 0 bridgehead atoms. The standard InChI is InChI=1S/C18H20F2N4O4S/c19-14-2-1-12(11-15(14)20)29(26,27)24-5-3-13-16(4-6-24)21-18(22-17(13)25)23-7-9-28-10-8-23/h1-2,11H,3-10H2,(H,21,22,25). The summed E-state index contributed by atoms with van der Waals surface area (Å²) in [5.41, 5.74) is 0.715. The Bertz CT molecular complexity index is 1080. The summed E-state index contributed by atoms with van der Waals surface area (Å²) < 4.78 is 58.9. The molecule has 0 amide bonds. The van der Waals surface area contributed by atoms with Crippen molar-refractivity contribution < 1.29 is 21.9 Å². The Morgan fingerprint density at radius 1 is 1.03 bits per heavy atom. The van der Waals surface area contributed by atoms with E-state index in [4.69, 9.17) is 4.74 Å². The molecular weight excluding hydrogens is 406 g/mol. The Morgan fingerprint density at radius 3 is 2.48 bits per heavy atom. The van der Waals surface area contributed by atoms with Crippen LogP contribution in [0.2, 0.25) is 0 Å². The lowest BCUT2D eigenvalue weighted by Crippen LogP contribution is -2.38. The van der Waals surface area contributed by atoms with Crippen molar-refractivity contribution >= 4 is 16.0 Å². The molecule has 1 saturated heterocycles. The summed E-state index contributed by atoms with van der Waals surface area (Å²) in [4.78, 5) is 21.5. The van der Waals surface area contributed by atoms with E-state index in [2.05, 4.69) is 9.97 Å². The number of aromatic amines is 1. The highest BCUT2D eigenvalue weighted by Crippen LogP contribution is 2.22. The number of H-pyrrole nitrogens is 1.